The van der Waals surface area contributed by atoms with Crippen LogP contribution >= 0.6 is 0 Å². The molecule has 2 rings (SSSR count). The smallest absolute Gasteiger partial charge is 0.395 e. The molecule has 0 unspecified atom stereocenters. The van der Waals surface area contributed by atoms with Crippen molar-refractivity contribution in [1.29, 1.82) is 0 Å². The van der Waals surface area contributed by atoms with Crippen LogP contribution in [0, 0.1) is 11.8 Å². The summed E-state index contributed by atoms with van der Waals surface area (Å²) in [5.41, 5.74) is 4.66. The molecule has 0 spiro atoms. The van der Waals surface area contributed by atoms with Gasteiger partial charge >= 0.3 is 19.5 Å². The zero-order valence-corrected chi connectivity index (χ0v) is 53.7. The summed E-state index contributed by atoms with van der Waals surface area (Å²) in [5.74, 6) is 7.59. The van der Waals surface area contributed by atoms with E-state index in [1.54, 1.807) is 0 Å². The van der Waals surface area contributed by atoms with Gasteiger partial charge < -0.3 is 21.1 Å². The van der Waals surface area contributed by atoms with Gasteiger partial charge in [-0.3, -0.25) is 29.3 Å². The number of hydrogen-bond donors (Lipinski definition) is 4. The van der Waals surface area contributed by atoms with Gasteiger partial charge in [0.1, 0.15) is 0 Å². The Bertz CT molecular complexity index is 1810. The van der Waals surface area contributed by atoms with Crippen molar-refractivity contribution >= 4 is 17.7 Å². The number of carbonyl (C=O) groups is 3. The van der Waals surface area contributed by atoms with Gasteiger partial charge in [-0.2, -0.15) is 0 Å². The van der Waals surface area contributed by atoms with E-state index in [4.69, 9.17) is 5.11 Å². The summed E-state index contributed by atoms with van der Waals surface area (Å²) in [4.78, 5) is 48.4. The Kier molecular flexibility index (Phi) is 52.1. The number of hydrogen-bond acceptors (Lipinski definition) is 7. The molecular formula is C68H114N6O4Zn+2. The van der Waals surface area contributed by atoms with Gasteiger partial charge in [-0.1, -0.05) is 217 Å². The molecule has 2 aromatic heterocycles. The quantitative estimate of drug-likeness (QED) is 0.0294. The van der Waals surface area contributed by atoms with E-state index in [1.165, 1.54) is 178 Å². The molecular weight excluding hydrogens is 1030 g/mol. The summed E-state index contributed by atoms with van der Waals surface area (Å²) in [7, 11) is 0. The number of aromatic nitrogens is 2. The van der Waals surface area contributed by atoms with Gasteiger partial charge in [0, 0.05) is 64.4 Å². The molecule has 0 bridgehead atoms. The number of pyridine rings is 2. The number of unbranched alkanes of at least 4 members (excludes halogenated alkanes) is 30. The third kappa shape index (κ3) is 47.6. The van der Waals surface area contributed by atoms with Crippen LogP contribution in [-0.2, 0) is 47.0 Å². The number of nitrogens with zero attached hydrogens (tertiary/aromatic N) is 3. The van der Waals surface area contributed by atoms with Crippen LogP contribution in [0.1, 0.15) is 282 Å². The van der Waals surface area contributed by atoms with Crippen LogP contribution in [0.15, 0.2) is 72.1 Å². The van der Waals surface area contributed by atoms with Crippen LogP contribution in [0.3, 0.4) is 0 Å². The fourth-order valence-electron chi connectivity index (χ4n) is 10.0. The summed E-state index contributed by atoms with van der Waals surface area (Å²) in [6.07, 6.45) is 55.6. The molecule has 0 saturated carbocycles. The van der Waals surface area contributed by atoms with Gasteiger partial charge in [0.15, 0.2) is 0 Å². The molecule has 0 aromatic carbocycles. The van der Waals surface area contributed by atoms with Gasteiger partial charge in [-0.15, -0.1) is 0 Å². The molecule has 0 aliphatic heterocycles. The number of aliphatic hydroxyl groups excluding tert-OH is 1. The first kappa shape index (κ1) is 73.3. The van der Waals surface area contributed by atoms with Crippen molar-refractivity contribution in [3.8, 4) is 11.8 Å². The van der Waals surface area contributed by atoms with Gasteiger partial charge in [-0.25, -0.2) is 0 Å². The zero-order valence-electron chi connectivity index (χ0n) is 50.7. The Morgan fingerprint density at radius 1 is 0.443 bits per heavy atom. The zero-order chi connectivity index (χ0) is 55.9. The van der Waals surface area contributed by atoms with E-state index in [9.17, 15) is 14.4 Å². The second-order valence-electron chi connectivity index (χ2n) is 22.1. The Balaban J connectivity index is 0.0000312. The topological polar surface area (TPSA) is 137 Å². The molecule has 0 radical (unpaired) electrons. The number of allylic oxidation sites excluding steroid dienone is 4. The van der Waals surface area contributed by atoms with Crippen molar-refractivity contribution in [2.45, 2.75) is 284 Å². The Labute approximate surface area is 496 Å². The van der Waals surface area contributed by atoms with Crippen molar-refractivity contribution < 1.29 is 39.0 Å². The number of nitrogens with one attached hydrogen (secondary N) is 3. The maximum absolute atomic E-state index is 12.6. The van der Waals surface area contributed by atoms with Crippen molar-refractivity contribution in [3.63, 3.8) is 0 Å². The van der Waals surface area contributed by atoms with Gasteiger partial charge in [0.05, 0.1) is 18.0 Å². The normalized spacial score (nSPS) is 11.5. The molecule has 4 N–H and O–H groups in total. The molecule has 10 nitrogen and oxygen atoms in total. The molecule has 79 heavy (non-hydrogen) atoms. The van der Waals surface area contributed by atoms with E-state index in [0.717, 1.165) is 88.6 Å². The Morgan fingerprint density at radius 2 is 0.772 bits per heavy atom. The van der Waals surface area contributed by atoms with E-state index >= 15 is 0 Å². The average Bonchev–Trinajstić information content (AvgIpc) is 3.45. The minimum atomic E-state index is -0.00328. The molecule has 0 aliphatic rings. The van der Waals surface area contributed by atoms with Crippen LogP contribution < -0.4 is 16.0 Å². The molecule has 440 valence electrons. The first-order valence-electron chi connectivity index (χ1n) is 32.3. The van der Waals surface area contributed by atoms with Gasteiger partial charge in [-0.05, 0) is 113 Å². The number of amides is 3. The number of carbonyl (C=O) groups excluding carboxylic acids is 3. The SMILES string of the molecule is CCCCCCCCCCCC/C=C(\C#C/C(=C\CCCCCCCCC(=O)NCCO)CCCCCCCCCCCC)CCCCCCCCC(=O)NCCNC(=O)CCCN(Cc1ccccn1)Cc1ccccn1.[Zn+2]. The van der Waals surface area contributed by atoms with Crippen molar-refractivity contribution in [1.82, 2.24) is 30.8 Å². The molecule has 11 heteroatoms. The molecule has 0 saturated heterocycles. The summed E-state index contributed by atoms with van der Waals surface area (Å²) < 4.78 is 0. The second-order valence-corrected chi connectivity index (χ2v) is 22.1. The third-order valence-electron chi connectivity index (χ3n) is 14.8. The van der Waals surface area contributed by atoms with Crippen LogP contribution in [0.2, 0.25) is 0 Å². The standard InChI is InChI=1S/C68H114N6O4.Zn/c1-3-5-7-9-11-13-15-17-20-26-32-43-63(52-51-62(42-31-25-19-16-14-12-10-8-6-4-2)44-33-27-21-18-22-29-36-49-67(77)73-57-59-75)45-34-28-23-24-30-35-48-66(76)71-55-56-72-68(78)50-41-58-74(60-64-46-37-39-53-69-64)61-65-47-38-40-54-70-65;/h37-40,43-44,46-47,53-54,75H,3-36,41-42,45,48-50,55-61H2,1-2H3,(H,71,76)(H,72,78)(H,73,77);/q;+2/b62-44-,63-43-;. The Morgan fingerprint density at radius 3 is 1.13 bits per heavy atom. The summed E-state index contributed by atoms with van der Waals surface area (Å²) >= 11 is 0. The van der Waals surface area contributed by atoms with Crippen LogP contribution in [0.25, 0.3) is 0 Å². The van der Waals surface area contributed by atoms with E-state index < -0.39 is 0 Å². The van der Waals surface area contributed by atoms with Crippen LogP contribution in [0.5, 0.6) is 0 Å². The first-order valence-corrected chi connectivity index (χ1v) is 32.3. The van der Waals surface area contributed by atoms with E-state index in [2.05, 4.69) is 68.7 Å². The van der Waals surface area contributed by atoms with E-state index in [0.29, 0.717) is 52.0 Å². The number of aliphatic hydroxyl groups is 1. The maximum Gasteiger partial charge on any atom is 2.00 e. The van der Waals surface area contributed by atoms with Crippen molar-refractivity contribution in [2.24, 2.45) is 0 Å². The van der Waals surface area contributed by atoms with E-state index in [-0.39, 0.29) is 43.8 Å². The third-order valence-corrected chi connectivity index (χ3v) is 14.8. The summed E-state index contributed by atoms with van der Waals surface area (Å²) in [5, 5.41) is 17.7. The first-order chi connectivity index (χ1) is 38.4. The maximum atomic E-state index is 12.6. The molecule has 2 aromatic rings. The predicted octanol–water partition coefficient (Wildman–Crippen LogP) is 16.3. The minimum Gasteiger partial charge on any atom is -0.395 e. The molecule has 3 amide bonds. The fourth-order valence-corrected chi connectivity index (χ4v) is 10.0. The molecule has 0 atom stereocenters. The fraction of sp³-hybridized carbons (Fsp3) is 0.721. The summed E-state index contributed by atoms with van der Waals surface area (Å²) in [6.45, 7) is 7.96. The van der Waals surface area contributed by atoms with Crippen molar-refractivity contribution in [3.05, 3.63) is 83.5 Å². The van der Waals surface area contributed by atoms with E-state index in [1.807, 2.05) is 48.8 Å². The minimum absolute atomic E-state index is 0. The van der Waals surface area contributed by atoms with Gasteiger partial charge in [0.2, 0.25) is 17.7 Å². The Hall–Kier alpha value is -3.71. The molecule has 0 fully saturated rings. The predicted molar refractivity (Wildman–Crippen MR) is 329 cm³/mol. The number of rotatable bonds is 53. The largest absolute Gasteiger partial charge is 2.00 e. The van der Waals surface area contributed by atoms with Crippen LogP contribution in [0.4, 0.5) is 0 Å². The average molecular weight is 1150 g/mol. The van der Waals surface area contributed by atoms with Gasteiger partial charge in [0.25, 0.3) is 0 Å². The second kappa shape index (κ2) is 56.2. The monoisotopic (exact) mass is 1140 g/mol. The van der Waals surface area contributed by atoms with Crippen LogP contribution in [-0.4, -0.2) is 70.5 Å². The molecule has 0 aliphatic carbocycles. The molecule has 2 heterocycles. The summed E-state index contributed by atoms with van der Waals surface area (Å²) in [6, 6.07) is 11.9. The van der Waals surface area contributed by atoms with Crippen molar-refractivity contribution in [2.75, 3.05) is 32.8 Å².